The SMILES string of the molecule is c1ccc(-c2nc(-c3ccccc3)nc(-c3cccc(N4c5ccccc5-c5ccccc5-n5c4nc4ccccc45)c3)n2)cc1. The van der Waals surface area contributed by atoms with E-state index in [2.05, 4.69) is 100 Å². The molecular weight excluding hydrogens is 564 g/mol. The first-order valence-electron chi connectivity index (χ1n) is 15.3. The van der Waals surface area contributed by atoms with Crippen molar-refractivity contribution in [3.8, 4) is 51.0 Å². The van der Waals surface area contributed by atoms with Gasteiger partial charge in [-0.3, -0.25) is 9.47 Å². The molecule has 0 unspecified atom stereocenters. The zero-order chi connectivity index (χ0) is 30.5. The summed E-state index contributed by atoms with van der Waals surface area (Å²) in [5, 5.41) is 0. The molecule has 1 aliphatic heterocycles. The molecule has 0 amide bonds. The summed E-state index contributed by atoms with van der Waals surface area (Å²) >= 11 is 0. The van der Waals surface area contributed by atoms with Crippen LogP contribution in [0.1, 0.15) is 0 Å². The van der Waals surface area contributed by atoms with Gasteiger partial charge in [-0.05, 0) is 36.4 Å². The molecule has 8 aromatic rings. The smallest absolute Gasteiger partial charge is 0.220 e. The van der Waals surface area contributed by atoms with E-state index < -0.39 is 0 Å². The van der Waals surface area contributed by atoms with Gasteiger partial charge in [0.15, 0.2) is 17.5 Å². The molecule has 6 aromatic carbocycles. The van der Waals surface area contributed by atoms with Gasteiger partial charge in [0.2, 0.25) is 5.95 Å². The summed E-state index contributed by atoms with van der Waals surface area (Å²) in [4.78, 5) is 22.4. The molecule has 0 bridgehead atoms. The van der Waals surface area contributed by atoms with Crippen molar-refractivity contribution in [2.75, 3.05) is 4.90 Å². The third kappa shape index (κ3) is 4.27. The lowest BCUT2D eigenvalue weighted by Gasteiger charge is -2.25. The van der Waals surface area contributed by atoms with E-state index in [1.165, 1.54) is 0 Å². The number of para-hydroxylation sites is 4. The van der Waals surface area contributed by atoms with Crippen LogP contribution in [-0.4, -0.2) is 24.5 Å². The summed E-state index contributed by atoms with van der Waals surface area (Å²) in [5.74, 6) is 2.69. The zero-order valence-corrected chi connectivity index (χ0v) is 24.7. The first-order chi connectivity index (χ1) is 22.8. The fourth-order valence-electron chi connectivity index (χ4n) is 6.28. The lowest BCUT2D eigenvalue weighted by Crippen LogP contribution is -2.14. The van der Waals surface area contributed by atoms with Gasteiger partial charge in [-0.2, -0.15) is 0 Å². The molecule has 0 atom stereocenters. The molecule has 9 rings (SSSR count). The number of hydrogen-bond donors (Lipinski definition) is 0. The molecule has 0 spiro atoms. The molecule has 6 heteroatoms. The third-order valence-electron chi connectivity index (χ3n) is 8.39. The largest absolute Gasteiger partial charge is 0.280 e. The maximum atomic E-state index is 5.23. The average Bonchev–Trinajstić information content (AvgIpc) is 3.46. The second-order valence-electron chi connectivity index (χ2n) is 11.2. The second kappa shape index (κ2) is 10.6. The molecule has 0 saturated carbocycles. The number of anilines is 3. The minimum atomic E-state index is 0.606. The van der Waals surface area contributed by atoms with E-state index in [0.29, 0.717) is 17.5 Å². The molecule has 0 N–H and O–H groups in total. The van der Waals surface area contributed by atoms with Crippen molar-refractivity contribution in [3.63, 3.8) is 0 Å². The molecule has 216 valence electrons. The maximum absolute atomic E-state index is 5.23. The van der Waals surface area contributed by atoms with Gasteiger partial charge in [-0.1, -0.05) is 121 Å². The van der Waals surface area contributed by atoms with Crippen molar-refractivity contribution in [1.29, 1.82) is 0 Å². The van der Waals surface area contributed by atoms with Crippen molar-refractivity contribution in [2.45, 2.75) is 0 Å². The molecule has 3 heterocycles. The van der Waals surface area contributed by atoms with E-state index in [1.54, 1.807) is 0 Å². The van der Waals surface area contributed by atoms with Crippen LogP contribution in [0.5, 0.6) is 0 Å². The Hall–Kier alpha value is -6.40. The molecule has 46 heavy (non-hydrogen) atoms. The summed E-state index contributed by atoms with van der Waals surface area (Å²) in [6.45, 7) is 0. The first kappa shape index (κ1) is 26.0. The summed E-state index contributed by atoms with van der Waals surface area (Å²) in [6, 6.07) is 53.9. The first-order valence-corrected chi connectivity index (χ1v) is 15.3. The normalized spacial score (nSPS) is 11.9. The third-order valence-corrected chi connectivity index (χ3v) is 8.39. The summed E-state index contributed by atoms with van der Waals surface area (Å²) in [5.41, 5.74) is 10.1. The minimum Gasteiger partial charge on any atom is -0.280 e. The highest BCUT2D eigenvalue weighted by Gasteiger charge is 2.29. The van der Waals surface area contributed by atoms with Crippen LogP contribution < -0.4 is 4.90 Å². The molecule has 0 saturated heterocycles. The predicted molar refractivity (Wildman–Crippen MR) is 184 cm³/mol. The Labute approximate surface area is 266 Å². The quantitative estimate of drug-likeness (QED) is 0.204. The fourth-order valence-corrected chi connectivity index (χ4v) is 6.28. The van der Waals surface area contributed by atoms with Gasteiger partial charge in [0, 0.05) is 33.5 Å². The molecular formula is C40H26N6. The van der Waals surface area contributed by atoms with Crippen molar-refractivity contribution in [1.82, 2.24) is 24.5 Å². The molecule has 6 nitrogen and oxygen atoms in total. The van der Waals surface area contributed by atoms with E-state index >= 15 is 0 Å². The van der Waals surface area contributed by atoms with Crippen molar-refractivity contribution >= 4 is 28.4 Å². The van der Waals surface area contributed by atoms with Crippen LogP contribution in [-0.2, 0) is 0 Å². The zero-order valence-electron chi connectivity index (χ0n) is 24.7. The molecule has 2 aromatic heterocycles. The van der Waals surface area contributed by atoms with Crippen LogP contribution in [0, 0.1) is 0 Å². The van der Waals surface area contributed by atoms with E-state index in [9.17, 15) is 0 Å². The Balaban J connectivity index is 1.27. The van der Waals surface area contributed by atoms with Crippen LogP contribution in [0.25, 0.3) is 62.0 Å². The lowest BCUT2D eigenvalue weighted by atomic mass is 10.0. The maximum Gasteiger partial charge on any atom is 0.220 e. The Morgan fingerprint density at radius 2 is 0.913 bits per heavy atom. The predicted octanol–water partition coefficient (Wildman–Crippen LogP) is 9.66. The number of imidazole rings is 1. The summed E-state index contributed by atoms with van der Waals surface area (Å²) in [7, 11) is 0. The lowest BCUT2D eigenvalue weighted by molar-refractivity contribution is 1.05. The molecule has 0 fully saturated rings. The number of aromatic nitrogens is 5. The number of benzene rings is 6. The molecule has 0 radical (unpaired) electrons. The summed E-state index contributed by atoms with van der Waals surface area (Å²) < 4.78 is 2.27. The van der Waals surface area contributed by atoms with E-state index in [1.807, 2.05) is 66.7 Å². The topological polar surface area (TPSA) is 59.7 Å². The van der Waals surface area contributed by atoms with Gasteiger partial charge in [0.1, 0.15) is 0 Å². The van der Waals surface area contributed by atoms with E-state index in [0.717, 1.165) is 61.9 Å². The van der Waals surface area contributed by atoms with Crippen LogP contribution in [0.2, 0.25) is 0 Å². The van der Waals surface area contributed by atoms with Gasteiger partial charge in [-0.25, -0.2) is 19.9 Å². The van der Waals surface area contributed by atoms with Crippen LogP contribution in [0.3, 0.4) is 0 Å². The Kier molecular flexibility index (Phi) is 6.03. The van der Waals surface area contributed by atoms with Gasteiger partial charge < -0.3 is 0 Å². The molecule has 0 aliphatic carbocycles. The van der Waals surface area contributed by atoms with Gasteiger partial charge in [-0.15, -0.1) is 0 Å². The number of hydrogen-bond acceptors (Lipinski definition) is 5. The van der Waals surface area contributed by atoms with Crippen molar-refractivity contribution in [3.05, 3.63) is 158 Å². The second-order valence-corrected chi connectivity index (χ2v) is 11.2. The van der Waals surface area contributed by atoms with Crippen molar-refractivity contribution in [2.24, 2.45) is 0 Å². The molecule has 1 aliphatic rings. The number of rotatable bonds is 4. The summed E-state index contributed by atoms with van der Waals surface area (Å²) in [6.07, 6.45) is 0. The minimum absolute atomic E-state index is 0.606. The van der Waals surface area contributed by atoms with E-state index in [-0.39, 0.29) is 0 Å². The monoisotopic (exact) mass is 590 g/mol. The standard InChI is InChI=1S/C40H26N6/c1-3-14-27(15-4-1)37-42-38(28-16-5-2-6-17-28)44-39(43-37)29-18-13-19-30(26-29)45-34-23-10-7-20-31(34)32-21-8-11-24-35(32)46-36-25-12-9-22-33(36)41-40(45)46/h1-26H. The van der Waals surface area contributed by atoms with Gasteiger partial charge in [0.25, 0.3) is 0 Å². The van der Waals surface area contributed by atoms with Crippen LogP contribution in [0.15, 0.2) is 158 Å². The highest BCUT2D eigenvalue weighted by molar-refractivity contribution is 5.96. The number of nitrogens with zero attached hydrogens (tertiary/aromatic N) is 6. The highest BCUT2D eigenvalue weighted by Crippen LogP contribution is 2.47. The Morgan fingerprint density at radius 1 is 0.391 bits per heavy atom. The number of fused-ring (bicyclic) bond motifs is 7. The van der Waals surface area contributed by atoms with E-state index in [4.69, 9.17) is 19.9 Å². The Bertz CT molecular complexity index is 2320. The van der Waals surface area contributed by atoms with Crippen molar-refractivity contribution < 1.29 is 0 Å². The fraction of sp³-hybridized carbons (Fsp3) is 0. The Morgan fingerprint density at radius 3 is 1.61 bits per heavy atom. The highest BCUT2D eigenvalue weighted by atomic mass is 15.3. The van der Waals surface area contributed by atoms with Crippen LogP contribution >= 0.6 is 0 Å². The van der Waals surface area contributed by atoms with Gasteiger partial charge >= 0.3 is 0 Å². The van der Waals surface area contributed by atoms with Crippen LogP contribution in [0.4, 0.5) is 17.3 Å². The van der Waals surface area contributed by atoms with Gasteiger partial charge in [0.05, 0.1) is 22.4 Å². The average molecular weight is 591 g/mol.